The van der Waals surface area contributed by atoms with Crippen molar-refractivity contribution in [2.45, 2.75) is 21.2 Å². The molecule has 0 aliphatic carbocycles. The fourth-order valence-electron chi connectivity index (χ4n) is 2.03. The van der Waals surface area contributed by atoms with E-state index in [1.807, 2.05) is 122 Å². The fraction of sp³-hybridized carbons (Fsp3) is 0.625. The topological polar surface area (TPSA) is 35.6 Å². The molecule has 0 aliphatic heterocycles. The summed E-state index contributed by atoms with van der Waals surface area (Å²) in [6.07, 6.45) is 11.3. The molecule has 0 radical (unpaired) electrons. The number of hydrogen-bond donors (Lipinski definition) is 4. The SMILES string of the molecule is SCC(CSSCC(CS)SSSCC(SS)n1ccnc1)SSSCC(SS)n1ccnc1. The van der Waals surface area contributed by atoms with Gasteiger partial charge in [-0.05, 0) is 19.7 Å². The predicted octanol–water partition coefficient (Wildman–Crippen LogP) is 8.97. The fourth-order valence-corrected chi connectivity index (χ4v) is 19.6. The summed E-state index contributed by atoms with van der Waals surface area (Å²) in [5.74, 6) is 5.92. The van der Waals surface area contributed by atoms with Crippen molar-refractivity contribution in [2.24, 2.45) is 0 Å². The summed E-state index contributed by atoms with van der Waals surface area (Å²) in [4.78, 5) is 8.25. The van der Waals surface area contributed by atoms with E-state index in [2.05, 4.69) is 67.7 Å². The Kier molecular flexibility index (Phi) is 21.8. The Hall–Kier alpha value is 3.32. The van der Waals surface area contributed by atoms with Gasteiger partial charge in [0, 0.05) is 69.8 Å². The van der Waals surface area contributed by atoms with Gasteiger partial charge in [0.1, 0.15) is 0 Å². The van der Waals surface area contributed by atoms with Gasteiger partial charge in [-0.2, -0.15) is 25.3 Å². The van der Waals surface area contributed by atoms with Crippen LogP contribution in [0.1, 0.15) is 10.7 Å². The molecule has 0 saturated carbocycles. The van der Waals surface area contributed by atoms with Gasteiger partial charge in [-0.15, -0.1) is 23.3 Å². The molecule has 0 bridgehead atoms. The molecular weight excluding hydrogens is 697 g/mol. The summed E-state index contributed by atoms with van der Waals surface area (Å²) in [6.45, 7) is 0. The zero-order valence-electron chi connectivity index (χ0n) is 17.7. The lowest BCUT2D eigenvalue weighted by Crippen LogP contribution is -2.08. The van der Waals surface area contributed by atoms with Gasteiger partial charge in [0.15, 0.2) is 0 Å². The molecule has 18 heteroatoms. The Labute approximate surface area is 263 Å². The molecule has 2 heterocycles. The molecule has 0 spiro atoms. The Morgan fingerprint density at radius 3 is 1.41 bits per heavy atom. The van der Waals surface area contributed by atoms with Crippen LogP contribution in [0.25, 0.3) is 0 Å². The Bertz CT molecular complexity index is 648. The maximum atomic E-state index is 4.56. The van der Waals surface area contributed by atoms with Gasteiger partial charge in [0.2, 0.25) is 0 Å². The molecule has 0 amide bonds. The number of aromatic nitrogens is 4. The second-order valence-corrected chi connectivity index (χ2v) is 21.2. The molecule has 4 nitrogen and oxygen atoms in total. The highest BCUT2D eigenvalue weighted by molar-refractivity contribution is 9.10. The van der Waals surface area contributed by atoms with Crippen molar-refractivity contribution in [3.63, 3.8) is 0 Å². The van der Waals surface area contributed by atoms with Crippen molar-refractivity contribution in [2.75, 3.05) is 34.5 Å². The van der Waals surface area contributed by atoms with E-state index in [9.17, 15) is 0 Å². The second-order valence-electron chi connectivity index (χ2n) is 6.22. The lowest BCUT2D eigenvalue weighted by atomic mass is 10.6. The minimum absolute atomic E-state index is 0.295. The molecule has 194 valence electrons. The van der Waals surface area contributed by atoms with Gasteiger partial charge in [-0.25, -0.2) is 9.97 Å². The molecule has 4 unspecified atom stereocenters. The van der Waals surface area contributed by atoms with Crippen molar-refractivity contribution in [1.82, 2.24) is 19.1 Å². The van der Waals surface area contributed by atoms with E-state index in [4.69, 9.17) is 0 Å². The minimum Gasteiger partial charge on any atom is -0.323 e. The molecule has 0 aliphatic rings. The molecule has 2 rings (SSSR count). The normalized spacial score (nSPS) is 15.3. The van der Waals surface area contributed by atoms with Crippen LogP contribution in [0.15, 0.2) is 37.4 Å². The number of imidazole rings is 2. The third kappa shape index (κ3) is 14.1. The van der Waals surface area contributed by atoms with E-state index in [0.29, 0.717) is 21.2 Å². The van der Waals surface area contributed by atoms with Crippen molar-refractivity contribution in [3.05, 3.63) is 37.4 Å². The summed E-state index contributed by atoms with van der Waals surface area (Å²) in [6, 6.07) is 0. The molecule has 4 atom stereocenters. The van der Waals surface area contributed by atoms with Crippen LogP contribution >= 0.6 is 155 Å². The summed E-state index contributed by atoms with van der Waals surface area (Å²) < 4.78 is 4.20. The highest BCUT2D eigenvalue weighted by atomic mass is 33.5. The van der Waals surface area contributed by atoms with Crippen LogP contribution in [0.3, 0.4) is 0 Å². The van der Waals surface area contributed by atoms with Crippen LogP contribution in [0, 0.1) is 0 Å². The minimum atomic E-state index is 0.295. The molecule has 34 heavy (non-hydrogen) atoms. The standard InChI is InChI=1S/C16H26N4S14/c21-5-13(31-33-27-9-15(29-23)19-3-1-17-11-19)7-25-26-8-14(6-22)32-34-28-10-16(30-24)20-4-2-18-12-20/h1-4,11-16,21-24H,5-10H2. The molecule has 0 fully saturated rings. The summed E-state index contributed by atoms with van der Waals surface area (Å²) in [7, 11) is 18.3. The third-order valence-electron chi connectivity index (χ3n) is 3.82. The average Bonchev–Trinajstić information content (AvgIpc) is 3.59. The number of hydrogen-bond acceptors (Lipinski definition) is 16. The van der Waals surface area contributed by atoms with Crippen LogP contribution in [0.2, 0.25) is 0 Å². The molecule has 2 aromatic rings. The Morgan fingerprint density at radius 2 is 1.09 bits per heavy atom. The summed E-state index contributed by atoms with van der Waals surface area (Å²) in [5, 5.41) is 1.64. The molecular formula is C16H26N4S14. The highest BCUT2D eigenvalue weighted by Gasteiger charge is 2.15. The van der Waals surface area contributed by atoms with Gasteiger partial charge in [-0.3, -0.25) is 0 Å². The first-order valence-electron chi connectivity index (χ1n) is 9.63. The quantitative estimate of drug-likeness (QED) is 0.0565. The summed E-state index contributed by atoms with van der Waals surface area (Å²) in [5.41, 5.74) is 0. The van der Waals surface area contributed by atoms with Crippen molar-refractivity contribution < 1.29 is 0 Å². The maximum absolute atomic E-state index is 4.56. The first kappa shape index (κ1) is 33.5. The van der Waals surface area contributed by atoms with Gasteiger partial charge in [-0.1, -0.05) is 86.4 Å². The molecule has 0 aromatic carbocycles. The Morgan fingerprint density at radius 1 is 0.647 bits per heavy atom. The smallest absolute Gasteiger partial charge is 0.1000 e. The van der Waals surface area contributed by atoms with E-state index < -0.39 is 0 Å². The van der Waals surface area contributed by atoms with Crippen LogP contribution < -0.4 is 0 Å². The average molecular weight is 723 g/mol. The third-order valence-corrected chi connectivity index (χ3v) is 20.5. The molecule has 0 N–H and O–H groups in total. The Balaban J connectivity index is 1.52. The van der Waals surface area contributed by atoms with Gasteiger partial charge < -0.3 is 9.13 Å². The largest absolute Gasteiger partial charge is 0.323 e. The number of nitrogens with zero attached hydrogens (tertiary/aromatic N) is 4. The first-order chi connectivity index (χ1) is 16.7. The highest BCUT2D eigenvalue weighted by Crippen LogP contribution is 2.45. The van der Waals surface area contributed by atoms with Crippen LogP contribution in [-0.4, -0.2) is 64.1 Å². The van der Waals surface area contributed by atoms with Crippen molar-refractivity contribution in [1.29, 1.82) is 0 Å². The van der Waals surface area contributed by atoms with Crippen LogP contribution in [0.5, 0.6) is 0 Å². The van der Waals surface area contributed by atoms with E-state index >= 15 is 0 Å². The maximum Gasteiger partial charge on any atom is 0.1000 e. The first-order valence-corrected chi connectivity index (χ1v) is 24.7. The van der Waals surface area contributed by atoms with E-state index in [0.717, 1.165) is 34.5 Å². The van der Waals surface area contributed by atoms with Crippen molar-refractivity contribution in [3.8, 4) is 0 Å². The van der Waals surface area contributed by atoms with E-state index in [-0.39, 0.29) is 0 Å². The predicted molar refractivity (Wildman–Crippen MR) is 191 cm³/mol. The van der Waals surface area contributed by atoms with E-state index in [1.54, 1.807) is 21.6 Å². The molecule has 2 aromatic heterocycles. The van der Waals surface area contributed by atoms with Gasteiger partial charge >= 0.3 is 0 Å². The van der Waals surface area contributed by atoms with E-state index in [1.165, 1.54) is 0 Å². The van der Waals surface area contributed by atoms with Crippen molar-refractivity contribution >= 4 is 155 Å². The lowest BCUT2D eigenvalue weighted by Gasteiger charge is -2.17. The zero-order chi connectivity index (χ0) is 24.4. The number of rotatable bonds is 21. The summed E-state index contributed by atoms with van der Waals surface area (Å²) >= 11 is 17.9. The lowest BCUT2D eigenvalue weighted by molar-refractivity contribution is 0.753. The second kappa shape index (κ2) is 22.1. The molecule has 0 saturated heterocycles. The van der Waals surface area contributed by atoms with Crippen LogP contribution in [0.4, 0.5) is 0 Å². The monoisotopic (exact) mass is 722 g/mol. The van der Waals surface area contributed by atoms with Gasteiger partial charge in [0.25, 0.3) is 0 Å². The number of thiol groups is 4. The zero-order valence-corrected chi connectivity index (χ0v) is 29.4. The van der Waals surface area contributed by atoms with Gasteiger partial charge in [0.05, 0.1) is 23.4 Å². The van der Waals surface area contributed by atoms with Crippen LogP contribution in [-0.2, 0) is 0 Å².